The lowest BCUT2D eigenvalue weighted by atomic mass is 10.2. The molecule has 2 aromatic rings. The molecule has 0 aliphatic carbocycles. The molecule has 0 unspecified atom stereocenters. The SMILES string of the molecule is FC(F)(F)Cn1cc([S+]2CCCC2)c2ccccc21. The number of benzene rings is 1. The highest BCUT2D eigenvalue weighted by atomic mass is 32.2. The fourth-order valence-corrected chi connectivity index (χ4v) is 5.15. The zero-order chi connectivity index (χ0) is 13.5. The number of alkyl halides is 3. The normalized spacial score (nSPS) is 17.4. The Bertz CT molecular complexity index is 582. The van der Waals surface area contributed by atoms with Crippen molar-refractivity contribution in [3.63, 3.8) is 0 Å². The van der Waals surface area contributed by atoms with Crippen LogP contribution in [0.5, 0.6) is 0 Å². The van der Waals surface area contributed by atoms with Crippen LogP contribution in [-0.2, 0) is 17.4 Å². The van der Waals surface area contributed by atoms with Crippen LogP contribution in [0.15, 0.2) is 35.4 Å². The van der Waals surface area contributed by atoms with E-state index in [4.69, 9.17) is 0 Å². The first-order valence-electron chi connectivity index (χ1n) is 6.37. The van der Waals surface area contributed by atoms with Gasteiger partial charge < -0.3 is 4.57 Å². The van der Waals surface area contributed by atoms with Crippen molar-refractivity contribution in [3.05, 3.63) is 30.5 Å². The van der Waals surface area contributed by atoms with Crippen LogP contribution >= 0.6 is 0 Å². The molecule has 0 atom stereocenters. The standard InChI is InChI=1S/C14H15F3NS/c15-14(16,17)10-18-9-13(19-7-3-4-8-19)11-5-1-2-6-12(11)18/h1-2,5-6,9H,3-4,7-8,10H2/q+1. The molecule has 0 saturated carbocycles. The molecule has 19 heavy (non-hydrogen) atoms. The Balaban J connectivity index is 2.07. The summed E-state index contributed by atoms with van der Waals surface area (Å²) in [6.45, 7) is -0.898. The van der Waals surface area contributed by atoms with Gasteiger partial charge in [-0.25, -0.2) is 0 Å². The maximum Gasteiger partial charge on any atom is 0.406 e. The molecule has 0 radical (unpaired) electrons. The molecule has 2 heterocycles. The van der Waals surface area contributed by atoms with Crippen molar-refractivity contribution in [2.75, 3.05) is 11.5 Å². The van der Waals surface area contributed by atoms with Gasteiger partial charge in [0.2, 0.25) is 0 Å². The van der Waals surface area contributed by atoms with E-state index in [1.165, 1.54) is 17.4 Å². The van der Waals surface area contributed by atoms with Crippen LogP contribution in [0.4, 0.5) is 13.2 Å². The Morgan fingerprint density at radius 2 is 1.79 bits per heavy atom. The lowest BCUT2D eigenvalue weighted by Gasteiger charge is -2.08. The zero-order valence-electron chi connectivity index (χ0n) is 10.4. The summed E-state index contributed by atoms with van der Waals surface area (Å²) in [7, 11) is 0.139. The van der Waals surface area contributed by atoms with E-state index in [1.54, 1.807) is 18.3 Å². The fraction of sp³-hybridized carbons (Fsp3) is 0.429. The van der Waals surface area contributed by atoms with Crippen LogP contribution in [0.25, 0.3) is 10.9 Å². The number of hydrogen-bond acceptors (Lipinski definition) is 0. The van der Waals surface area contributed by atoms with Gasteiger partial charge >= 0.3 is 6.18 Å². The van der Waals surface area contributed by atoms with E-state index >= 15 is 0 Å². The second-order valence-electron chi connectivity index (χ2n) is 4.86. The average molecular weight is 286 g/mol. The highest BCUT2D eigenvalue weighted by Crippen LogP contribution is 2.32. The molecular formula is C14H15F3NS+. The van der Waals surface area contributed by atoms with E-state index in [0.29, 0.717) is 5.52 Å². The Labute approximate surface area is 112 Å². The van der Waals surface area contributed by atoms with Crippen LogP contribution < -0.4 is 0 Å². The maximum absolute atomic E-state index is 12.6. The molecule has 1 aliphatic rings. The smallest absolute Gasteiger partial charge is 0.334 e. The van der Waals surface area contributed by atoms with E-state index in [0.717, 1.165) is 21.8 Å². The minimum Gasteiger partial charge on any atom is -0.334 e. The van der Waals surface area contributed by atoms with Gasteiger partial charge in [-0.3, -0.25) is 0 Å². The van der Waals surface area contributed by atoms with Crippen molar-refractivity contribution in [3.8, 4) is 0 Å². The third-order valence-corrected chi connectivity index (χ3v) is 5.95. The molecule has 1 nitrogen and oxygen atoms in total. The van der Waals surface area contributed by atoms with Gasteiger partial charge in [-0.1, -0.05) is 12.1 Å². The van der Waals surface area contributed by atoms with Crippen molar-refractivity contribution in [1.29, 1.82) is 0 Å². The predicted molar refractivity (Wildman–Crippen MR) is 72.6 cm³/mol. The number of rotatable bonds is 2. The summed E-state index contributed by atoms with van der Waals surface area (Å²) in [5.74, 6) is 2.25. The molecule has 0 bridgehead atoms. The van der Waals surface area contributed by atoms with Crippen molar-refractivity contribution in [2.24, 2.45) is 0 Å². The summed E-state index contributed by atoms with van der Waals surface area (Å²) in [4.78, 5) is 1.12. The van der Waals surface area contributed by atoms with Gasteiger partial charge in [0, 0.05) is 10.9 Å². The van der Waals surface area contributed by atoms with Gasteiger partial charge in [-0.2, -0.15) is 13.2 Å². The molecule has 0 spiro atoms. The molecule has 1 fully saturated rings. The molecule has 3 rings (SSSR count). The van der Waals surface area contributed by atoms with Crippen molar-refractivity contribution in [1.82, 2.24) is 4.57 Å². The quantitative estimate of drug-likeness (QED) is 0.736. The molecular weight excluding hydrogens is 271 g/mol. The summed E-state index contributed by atoms with van der Waals surface area (Å²) in [6.07, 6.45) is -0.0474. The Morgan fingerprint density at radius 3 is 2.47 bits per heavy atom. The molecule has 1 saturated heterocycles. The Kier molecular flexibility index (Phi) is 3.25. The average Bonchev–Trinajstić information content (AvgIpc) is 2.95. The molecule has 0 amide bonds. The minimum absolute atomic E-state index is 0.139. The van der Waals surface area contributed by atoms with Gasteiger partial charge in [0.25, 0.3) is 0 Å². The van der Waals surface area contributed by atoms with Crippen LogP contribution in [0.1, 0.15) is 12.8 Å². The number of halogens is 3. The van der Waals surface area contributed by atoms with Crippen molar-refractivity contribution in [2.45, 2.75) is 30.5 Å². The number of nitrogens with zero attached hydrogens (tertiary/aromatic N) is 1. The zero-order valence-corrected chi connectivity index (χ0v) is 11.2. The summed E-state index contributed by atoms with van der Waals surface area (Å²) < 4.78 is 39.3. The number of fused-ring (bicyclic) bond motifs is 1. The monoisotopic (exact) mass is 286 g/mol. The number of aromatic nitrogens is 1. The van der Waals surface area contributed by atoms with E-state index in [9.17, 15) is 13.2 Å². The largest absolute Gasteiger partial charge is 0.406 e. The second-order valence-corrected chi connectivity index (χ2v) is 7.10. The summed E-state index contributed by atoms with van der Waals surface area (Å²) in [6, 6.07) is 7.44. The predicted octanol–water partition coefficient (Wildman–Crippen LogP) is 3.97. The van der Waals surface area contributed by atoms with E-state index in [2.05, 4.69) is 0 Å². The van der Waals surface area contributed by atoms with E-state index in [1.807, 2.05) is 12.1 Å². The number of hydrogen-bond donors (Lipinski definition) is 0. The lowest BCUT2D eigenvalue weighted by molar-refractivity contribution is -0.139. The van der Waals surface area contributed by atoms with E-state index < -0.39 is 12.7 Å². The van der Waals surface area contributed by atoms with Crippen molar-refractivity contribution < 1.29 is 13.2 Å². The Hall–Kier alpha value is -1.10. The van der Waals surface area contributed by atoms with Crippen LogP contribution in [0.3, 0.4) is 0 Å². The Morgan fingerprint density at radius 1 is 1.11 bits per heavy atom. The topological polar surface area (TPSA) is 4.93 Å². The van der Waals surface area contributed by atoms with Gasteiger partial charge in [0.1, 0.15) is 18.1 Å². The lowest BCUT2D eigenvalue weighted by Crippen LogP contribution is -2.16. The van der Waals surface area contributed by atoms with Gasteiger partial charge in [0.15, 0.2) is 4.90 Å². The third-order valence-electron chi connectivity index (χ3n) is 3.44. The first-order chi connectivity index (χ1) is 9.04. The van der Waals surface area contributed by atoms with E-state index in [-0.39, 0.29) is 10.9 Å². The third kappa shape index (κ3) is 2.61. The second kappa shape index (κ2) is 4.78. The van der Waals surface area contributed by atoms with Gasteiger partial charge in [0.05, 0.1) is 17.1 Å². The highest BCUT2D eigenvalue weighted by molar-refractivity contribution is 7.97. The molecule has 1 aromatic heterocycles. The molecule has 102 valence electrons. The first kappa shape index (κ1) is 12.9. The molecule has 1 aliphatic heterocycles. The summed E-state index contributed by atoms with van der Waals surface area (Å²) in [5.41, 5.74) is 0.703. The highest BCUT2D eigenvalue weighted by Gasteiger charge is 2.33. The maximum atomic E-state index is 12.6. The molecule has 1 aromatic carbocycles. The molecule has 5 heteroatoms. The van der Waals surface area contributed by atoms with Crippen LogP contribution in [0.2, 0.25) is 0 Å². The molecule has 0 N–H and O–H groups in total. The first-order valence-corrected chi connectivity index (χ1v) is 7.93. The minimum atomic E-state index is -4.17. The van der Waals surface area contributed by atoms with Crippen LogP contribution in [-0.4, -0.2) is 22.2 Å². The summed E-state index contributed by atoms with van der Waals surface area (Å²) >= 11 is 0. The number of para-hydroxylation sites is 1. The van der Waals surface area contributed by atoms with Crippen LogP contribution in [0, 0.1) is 0 Å². The van der Waals surface area contributed by atoms with Gasteiger partial charge in [-0.05, 0) is 25.0 Å². The van der Waals surface area contributed by atoms with Crippen molar-refractivity contribution >= 4 is 21.8 Å². The van der Waals surface area contributed by atoms with Gasteiger partial charge in [-0.15, -0.1) is 0 Å². The fourth-order valence-electron chi connectivity index (χ4n) is 2.64. The summed E-state index contributed by atoms with van der Waals surface area (Å²) in [5, 5.41) is 0.997.